The summed E-state index contributed by atoms with van der Waals surface area (Å²) in [5.74, 6) is 1.27. The molecule has 30 heavy (non-hydrogen) atoms. The second-order valence-corrected chi connectivity index (χ2v) is 9.52. The van der Waals surface area contributed by atoms with Crippen molar-refractivity contribution in [3.63, 3.8) is 0 Å². The van der Waals surface area contributed by atoms with Crippen molar-refractivity contribution >= 4 is 31.9 Å². The van der Waals surface area contributed by atoms with Crippen LogP contribution in [0.15, 0.2) is 51.8 Å². The van der Waals surface area contributed by atoms with Crippen molar-refractivity contribution in [2.24, 2.45) is 0 Å². The largest absolute Gasteiger partial charge is 0.497 e. The zero-order chi connectivity index (χ0) is 21.7. The molecule has 0 aromatic heterocycles. The summed E-state index contributed by atoms with van der Waals surface area (Å²) in [5.41, 5.74) is 0.929. The number of carbonyl (C=O) groups excluding carboxylic acids is 1. The summed E-state index contributed by atoms with van der Waals surface area (Å²) >= 11 is 3.25. The molecule has 0 unspecified atom stereocenters. The number of carbonyl (C=O) groups is 1. The van der Waals surface area contributed by atoms with Gasteiger partial charge in [0.1, 0.15) is 11.5 Å². The standard InChI is InChI=1S/C21H25BrN2O5S/c1-28-15-9-10-16(19(14-15)29-2)18-7-5-13-24(18)21(25)11-12-23-30(26,27)20-8-4-3-6-17(20)22/h3-4,6,8-10,14,18,23H,5,7,11-13H2,1-2H3/t18-/m0/s1. The normalized spacial score (nSPS) is 16.5. The van der Waals surface area contributed by atoms with E-state index in [2.05, 4.69) is 20.7 Å². The Morgan fingerprint density at radius 1 is 1.20 bits per heavy atom. The Bertz CT molecular complexity index is 1010. The number of hydrogen-bond acceptors (Lipinski definition) is 5. The monoisotopic (exact) mass is 496 g/mol. The molecule has 1 fully saturated rings. The number of halogens is 1. The Kier molecular flexibility index (Phi) is 7.38. The van der Waals surface area contributed by atoms with Crippen LogP contribution in [0.5, 0.6) is 11.5 Å². The van der Waals surface area contributed by atoms with Gasteiger partial charge in [-0.15, -0.1) is 0 Å². The van der Waals surface area contributed by atoms with E-state index in [4.69, 9.17) is 9.47 Å². The predicted octanol–water partition coefficient (Wildman–Crippen LogP) is 3.50. The third-order valence-electron chi connectivity index (χ3n) is 5.13. The van der Waals surface area contributed by atoms with E-state index >= 15 is 0 Å². The number of amides is 1. The van der Waals surface area contributed by atoms with Gasteiger partial charge in [0.05, 0.1) is 25.2 Å². The van der Waals surface area contributed by atoms with Crippen molar-refractivity contribution in [3.05, 3.63) is 52.5 Å². The summed E-state index contributed by atoms with van der Waals surface area (Å²) in [7, 11) is -0.510. The first kappa shape index (κ1) is 22.6. The number of benzene rings is 2. The first-order valence-corrected chi connectivity index (χ1v) is 11.9. The maximum atomic E-state index is 12.9. The Morgan fingerprint density at radius 3 is 2.67 bits per heavy atom. The fourth-order valence-electron chi connectivity index (χ4n) is 3.66. The minimum absolute atomic E-state index is 0.0332. The van der Waals surface area contributed by atoms with Crippen LogP contribution >= 0.6 is 15.9 Å². The van der Waals surface area contributed by atoms with E-state index in [0.717, 1.165) is 18.4 Å². The van der Waals surface area contributed by atoms with E-state index < -0.39 is 10.0 Å². The van der Waals surface area contributed by atoms with Crippen molar-refractivity contribution in [2.45, 2.75) is 30.2 Å². The summed E-state index contributed by atoms with van der Waals surface area (Å²) in [6.45, 7) is 0.668. The van der Waals surface area contributed by atoms with E-state index in [1.165, 1.54) is 6.07 Å². The Hall–Kier alpha value is -2.10. The minimum atomic E-state index is -3.70. The van der Waals surface area contributed by atoms with Crippen LogP contribution in [-0.2, 0) is 14.8 Å². The lowest BCUT2D eigenvalue weighted by molar-refractivity contribution is -0.132. The number of nitrogens with one attached hydrogen (secondary N) is 1. The number of ether oxygens (including phenoxy) is 2. The number of sulfonamides is 1. The highest BCUT2D eigenvalue weighted by atomic mass is 79.9. The number of hydrogen-bond donors (Lipinski definition) is 1. The van der Waals surface area contributed by atoms with Crippen molar-refractivity contribution in [3.8, 4) is 11.5 Å². The van der Waals surface area contributed by atoms with Gasteiger partial charge in [-0.1, -0.05) is 12.1 Å². The van der Waals surface area contributed by atoms with Crippen LogP contribution in [0.4, 0.5) is 0 Å². The second kappa shape index (κ2) is 9.80. The van der Waals surface area contributed by atoms with Crippen LogP contribution in [-0.4, -0.2) is 46.5 Å². The van der Waals surface area contributed by atoms with E-state index in [-0.39, 0.29) is 29.8 Å². The number of nitrogens with zero attached hydrogens (tertiary/aromatic N) is 1. The SMILES string of the molecule is COc1ccc([C@@H]2CCCN2C(=O)CCNS(=O)(=O)c2ccccc2Br)c(OC)c1. The molecule has 1 aliphatic heterocycles. The van der Waals surface area contributed by atoms with Gasteiger partial charge in [0, 0.05) is 35.6 Å². The smallest absolute Gasteiger partial charge is 0.241 e. The fraction of sp³-hybridized carbons (Fsp3) is 0.381. The van der Waals surface area contributed by atoms with E-state index in [0.29, 0.717) is 22.5 Å². The summed E-state index contributed by atoms with van der Waals surface area (Å²) in [5, 5.41) is 0. The fourth-order valence-corrected chi connectivity index (χ4v) is 5.69. The average Bonchev–Trinajstić information content (AvgIpc) is 3.23. The van der Waals surface area contributed by atoms with Gasteiger partial charge in [-0.2, -0.15) is 0 Å². The molecule has 1 heterocycles. The molecule has 162 valence electrons. The van der Waals surface area contributed by atoms with Crippen molar-refractivity contribution in [1.29, 1.82) is 0 Å². The molecule has 0 aliphatic carbocycles. The maximum absolute atomic E-state index is 12.9. The zero-order valence-corrected chi connectivity index (χ0v) is 19.3. The van der Waals surface area contributed by atoms with E-state index in [9.17, 15) is 13.2 Å². The van der Waals surface area contributed by atoms with Gasteiger partial charge in [-0.05, 0) is 53.0 Å². The number of rotatable bonds is 8. The van der Waals surface area contributed by atoms with Crippen LogP contribution in [0.25, 0.3) is 0 Å². The molecular weight excluding hydrogens is 472 g/mol. The minimum Gasteiger partial charge on any atom is -0.497 e. The molecule has 2 aromatic carbocycles. The van der Waals surface area contributed by atoms with Gasteiger partial charge < -0.3 is 14.4 Å². The van der Waals surface area contributed by atoms with Crippen LogP contribution in [0.2, 0.25) is 0 Å². The van der Waals surface area contributed by atoms with Gasteiger partial charge in [0.15, 0.2) is 0 Å². The molecule has 0 saturated carbocycles. The highest BCUT2D eigenvalue weighted by Gasteiger charge is 2.32. The van der Waals surface area contributed by atoms with Gasteiger partial charge in [-0.3, -0.25) is 4.79 Å². The molecule has 2 aromatic rings. The molecule has 1 amide bonds. The van der Waals surface area contributed by atoms with Gasteiger partial charge in [0.25, 0.3) is 0 Å². The van der Waals surface area contributed by atoms with Crippen LogP contribution in [0, 0.1) is 0 Å². The highest BCUT2D eigenvalue weighted by molar-refractivity contribution is 9.10. The Labute approximate surface area is 185 Å². The van der Waals surface area contributed by atoms with Crippen LogP contribution < -0.4 is 14.2 Å². The first-order valence-electron chi connectivity index (χ1n) is 9.63. The molecule has 1 atom stereocenters. The van der Waals surface area contributed by atoms with Gasteiger partial charge in [-0.25, -0.2) is 13.1 Å². The molecule has 0 radical (unpaired) electrons. The maximum Gasteiger partial charge on any atom is 0.241 e. The van der Waals surface area contributed by atoms with Gasteiger partial charge >= 0.3 is 0 Å². The predicted molar refractivity (Wildman–Crippen MR) is 117 cm³/mol. The third kappa shape index (κ3) is 4.96. The molecular formula is C21H25BrN2O5S. The lowest BCUT2D eigenvalue weighted by Crippen LogP contribution is -2.34. The summed E-state index contributed by atoms with van der Waals surface area (Å²) in [6, 6.07) is 12.1. The number of methoxy groups -OCH3 is 2. The highest BCUT2D eigenvalue weighted by Crippen LogP contribution is 2.38. The van der Waals surface area contributed by atoms with E-state index in [1.54, 1.807) is 37.3 Å². The third-order valence-corrected chi connectivity index (χ3v) is 7.60. The average molecular weight is 497 g/mol. The lowest BCUT2D eigenvalue weighted by atomic mass is 10.0. The lowest BCUT2D eigenvalue weighted by Gasteiger charge is -2.26. The van der Waals surface area contributed by atoms with Crippen LogP contribution in [0.1, 0.15) is 30.9 Å². The molecule has 1 saturated heterocycles. The van der Waals surface area contributed by atoms with Gasteiger partial charge in [0.2, 0.25) is 15.9 Å². The molecule has 0 spiro atoms. The molecule has 9 heteroatoms. The molecule has 3 rings (SSSR count). The molecule has 1 N–H and O–H groups in total. The summed E-state index contributed by atoms with van der Waals surface area (Å²) in [6.07, 6.45) is 1.80. The van der Waals surface area contributed by atoms with E-state index in [1.807, 2.05) is 18.2 Å². The number of likely N-dealkylation sites (tertiary alicyclic amines) is 1. The molecule has 0 bridgehead atoms. The zero-order valence-electron chi connectivity index (χ0n) is 16.9. The van der Waals surface area contributed by atoms with Crippen molar-refractivity contribution in [2.75, 3.05) is 27.3 Å². The van der Waals surface area contributed by atoms with Crippen LogP contribution in [0.3, 0.4) is 0 Å². The first-order chi connectivity index (χ1) is 14.4. The molecule has 1 aliphatic rings. The molecule has 7 nitrogen and oxygen atoms in total. The van der Waals surface area contributed by atoms with Crippen molar-refractivity contribution < 1.29 is 22.7 Å². The van der Waals surface area contributed by atoms with Crippen molar-refractivity contribution in [1.82, 2.24) is 9.62 Å². The Morgan fingerprint density at radius 2 is 1.97 bits per heavy atom. The summed E-state index contributed by atoms with van der Waals surface area (Å²) in [4.78, 5) is 14.8. The quantitative estimate of drug-likeness (QED) is 0.604. The topological polar surface area (TPSA) is 84.9 Å². The summed E-state index contributed by atoms with van der Waals surface area (Å²) < 4.78 is 38.7. The Balaban J connectivity index is 1.66. The second-order valence-electron chi connectivity index (χ2n) is 6.93.